The van der Waals surface area contributed by atoms with Crippen molar-refractivity contribution in [1.29, 1.82) is 0 Å². The van der Waals surface area contributed by atoms with Crippen LogP contribution >= 0.6 is 0 Å². The van der Waals surface area contributed by atoms with Gasteiger partial charge >= 0.3 is 0 Å². The molecule has 1 rings (SSSR count). The van der Waals surface area contributed by atoms with Gasteiger partial charge in [-0.2, -0.15) is 0 Å². The molecule has 0 aliphatic carbocycles. The maximum atomic E-state index is 11.9. The zero-order valence-electron chi connectivity index (χ0n) is 13.2. The summed E-state index contributed by atoms with van der Waals surface area (Å²) in [7, 11) is 5.13. The number of carbonyl (C=O) groups excluding carboxylic acids is 1. The molecule has 0 radical (unpaired) electrons. The van der Waals surface area contributed by atoms with Gasteiger partial charge < -0.3 is 14.8 Å². The van der Waals surface area contributed by atoms with Gasteiger partial charge in [0.1, 0.15) is 0 Å². The Morgan fingerprint density at radius 1 is 1.38 bits per heavy atom. The molecule has 1 atom stereocenters. The van der Waals surface area contributed by atoms with Crippen molar-refractivity contribution >= 4 is 5.91 Å². The topological polar surface area (TPSA) is 50.8 Å². The van der Waals surface area contributed by atoms with Crippen molar-refractivity contribution in [2.45, 2.75) is 19.5 Å². The van der Waals surface area contributed by atoms with Crippen molar-refractivity contribution < 1.29 is 14.3 Å². The van der Waals surface area contributed by atoms with Crippen LogP contribution in [0.1, 0.15) is 12.5 Å². The number of amides is 1. The van der Waals surface area contributed by atoms with Crippen LogP contribution in [0.3, 0.4) is 0 Å². The molecule has 116 valence electrons. The monoisotopic (exact) mass is 292 g/mol. The van der Waals surface area contributed by atoms with Crippen LogP contribution in [0.15, 0.2) is 30.9 Å². The highest BCUT2D eigenvalue weighted by atomic mass is 16.5. The number of ether oxygens (including phenoxy) is 2. The van der Waals surface area contributed by atoms with E-state index in [-0.39, 0.29) is 11.9 Å². The van der Waals surface area contributed by atoms with Gasteiger partial charge in [-0.15, -0.1) is 6.58 Å². The maximum Gasteiger partial charge on any atom is 0.237 e. The smallest absolute Gasteiger partial charge is 0.237 e. The third-order valence-corrected chi connectivity index (χ3v) is 3.34. The molecule has 1 aromatic carbocycles. The van der Waals surface area contributed by atoms with E-state index in [0.29, 0.717) is 24.6 Å². The zero-order valence-corrected chi connectivity index (χ0v) is 13.2. The van der Waals surface area contributed by atoms with Crippen molar-refractivity contribution in [2.75, 3.05) is 27.8 Å². The molecule has 0 aliphatic rings. The standard InChI is InChI=1S/C16H24N2O3/c1-6-9-17-16(19)12(2)18(3)11-13-7-8-14(20-4)15(10-13)21-5/h6-8,10,12H,1,9,11H2,2-5H3,(H,17,19). The van der Waals surface area contributed by atoms with E-state index in [0.717, 1.165) is 5.56 Å². The Bertz CT molecular complexity index is 488. The zero-order chi connectivity index (χ0) is 15.8. The van der Waals surface area contributed by atoms with Crippen LogP contribution in [0.4, 0.5) is 0 Å². The van der Waals surface area contributed by atoms with E-state index in [1.54, 1.807) is 20.3 Å². The van der Waals surface area contributed by atoms with Crippen LogP contribution in [-0.4, -0.2) is 44.7 Å². The minimum Gasteiger partial charge on any atom is -0.493 e. The largest absolute Gasteiger partial charge is 0.493 e. The molecule has 0 spiro atoms. The van der Waals surface area contributed by atoms with E-state index in [1.807, 2.05) is 37.1 Å². The van der Waals surface area contributed by atoms with Gasteiger partial charge in [-0.25, -0.2) is 0 Å². The molecule has 0 fully saturated rings. The SMILES string of the molecule is C=CCNC(=O)C(C)N(C)Cc1ccc(OC)c(OC)c1. The quantitative estimate of drug-likeness (QED) is 0.743. The summed E-state index contributed by atoms with van der Waals surface area (Å²) >= 11 is 0. The number of methoxy groups -OCH3 is 2. The Morgan fingerprint density at radius 3 is 2.62 bits per heavy atom. The fourth-order valence-corrected chi connectivity index (χ4v) is 1.92. The summed E-state index contributed by atoms with van der Waals surface area (Å²) in [6.45, 7) is 6.58. The van der Waals surface area contributed by atoms with E-state index in [9.17, 15) is 4.79 Å². The lowest BCUT2D eigenvalue weighted by Crippen LogP contribution is -2.42. The van der Waals surface area contributed by atoms with E-state index in [1.165, 1.54) is 0 Å². The molecule has 5 nitrogen and oxygen atoms in total. The second-order valence-corrected chi connectivity index (χ2v) is 4.81. The van der Waals surface area contributed by atoms with Crippen molar-refractivity contribution in [2.24, 2.45) is 0 Å². The fraction of sp³-hybridized carbons (Fsp3) is 0.438. The van der Waals surface area contributed by atoms with Crippen molar-refractivity contribution in [3.63, 3.8) is 0 Å². The van der Waals surface area contributed by atoms with Crippen LogP contribution in [0.5, 0.6) is 11.5 Å². The van der Waals surface area contributed by atoms with Crippen molar-refractivity contribution in [3.8, 4) is 11.5 Å². The second kappa shape index (κ2) is 8.32. The Morgan fingerprint density at radius 2 is 2.05 bits per heavy atom. The van der Waals surface area contributed by atoms with E-state index >= 15 is 0 Å². The summed E-state index contributed by atoms with van der Waals surface area (Å²) in [6, 6.07) is 5.53. The first-order valence-corrected chi connectivity index (χ1v) is 6.83. The third kappa shape index (κ3) is 4.79. The molecule has 1 aromatic rings. The Hall–Kier alpha value is -2.01. The lowest BCUT2D eigenvalue weighted by atomic mass is 10.1. The van der Waals surface area contributed by atoms with Crippen LogP contribution in [0.2, 0.25) is 0 Å². The summed E-state index contributed by atoms with van der Waals surface area (Å²) in [4.78, 5) is 13.9. The molecule has 0 saturated heterocycles. The van der Waals surface area contributed by atoms with Gasteiger partial charge in [0.15, 0.2) is 11.5 Å². The number of nitrogens with zero attached hydrogens (tertiary/aromatic N) is 1. The summed E-state index contributed by atoms with van der Waals surface area (Å²) in [6.07, 6.45) is 1.67. The minimum absolute atomic E-state index is 0.0159. The molecule has 0 aliphatic heterocycles. The fourth-order valence-electron chi connectivity index (χ4n) is 1.92. The Balaban J connectivity index is 2.71. The molecule has 0 bridgehead atoms. The first-order chi connectivity index (χ1) is 10.0. The number of benzene rings is 1. The predicted molar refractivity (Wildman–Crippen MR) is 83.7 cm³/mol. The van der Waals surface area contributed by atoms with Crippen molar-refractivity contribution in [3.05, 3.63) is 36.4 Å². The number of nitrogens with one attached hydrogen (secondary N) is 1. The lowest BCUT2D eigenvalue weighted by molar-refractivity contribution is -0.125. The van der Waals surface area contributed by atoms with Gasteiger partial charge in [0, 0.05) is 13.1 Å². The third-order valence-electron chi connectivity index (χ3n) is 3.34. The summed E-state index contributed by atoms with van der Waals surface area (Å²) in [5.74, 6) is 1.37. The molecule has 1 unspecified atom stereocenters. The van der Waals surface area contributed by atoms with Gasteiger partial charge in [0.05, 0.1) is 20.3 Å². The number of carbonyl (C=O) groups is 1. The van der Waals surface area contributed by atoms with Crippen LogP contribution in [0, 0.1) is 0 Å². The minimum atomic E-state index is -0.224. The van der Waals surface area contributed by atoms with Gasteiger partial charge in [-0.05, 0) is 31.7 Å². The lowest BCUT2D eigenvalue weighted by Gasteiger charge is -2.24. The van der Waals surface area contributed by atoms with Gasteiger partial charge in [0.25, 0.3) is 0 Å². The molecule has 0 aromatic heterocycles. The molecule has 1 N–H and O–H groups in total. The first kappa shape index (κ1) is 17.0. The number of likely N-dealkylation sites (N-methyl/N-ethyl adjacent to an activating group) is 1. The normalized spacial score (nSPS) is 11.9. The van der Waals surface area contributed by atoms with E-state index in [2.05, 4.69) is 11.9 Å². The van der Waals surface area contributed by atoms with Gasteiger partial charge in [-0.1, -0.05) is 12.1 Å². The van der Waals surface area contributed by atoms with Crippen LogP contribution in [0.25, 0.3) is 0 Å². The van der Waals surface area contributed by atoms with Gasteiger partial charge in [-0.3, -0.25) is 9.69 Å². The summed E-state index contributed by atoms with van der Waals surface area (Å²) in [5, 5.41) is 2.80. The van der Waals surface area contributed by atoms with Crippen LogP contribution < -0.4 is 14.8 Å². The molecular formula is C16H24N2O3. The maximum absolute atomic E-state index is 11.9. The molecule has 0 saturated carbocycles. The second-order valence-electron chi connectivity index (χ2n) is 4.81. The number of hydrogen-bond donors (Lipinski definition) is 1. The van der Waals surface area contributed by atoms with Crippen LogP contribution in [-0.2, 0) is 11.3 Å². The molecule has 0 heterocycles. The first-order valence-electron chi connectivity index (χ1n) is 6.83. The number of rotatable bonds is 8. The molecule has 1 amide bonds. The van der Waals surface area contributed by atoms with E-state index < -0.39 is 0 Å². The average molecular weight is 292 g/mol. The highest BCUT2D eigenvalue weighted by Crippen LogP contribution is 2.28. The highest BCUT2D eigenvalue weighted by molar-refractivity contribution is 5.81. The summed E-state index contributed by atoms with van der Waals surface area (Å²) < 4.78 is 10.5. The predicted octanol–water partition coefficient (Wildman–Crippen LogP) is 1.83. The van der Waals surface area contributed by atoms with E-state index in [4.69, 9.17) is 9.47 Å². The van der Waals surface area contributed by atoms with Gasteiger partial charge in [0.2, 0.25) is 5.91 Å². The van der Waals surface area contributed by atoms with Crippen molar-refractivity contribution in [1.82, 2.24) is 10.2 Å². The average Bonchev–Trinajstić information content (AvgIpc) is 2.51. The molecular weight excluding hydrogens is 268 g/mol. The molecule has 21 heavy (non-hydrogen) atoms. The number of hydrogen-bond acceptors (Lipinski definition) is 4. The Kier molecular flexibility index (Phi) is 6.75. The Labute approximate surface area is 126 Å². The summed E-state index contributed by atoms with van der Waals surface area (Å²) in [5.41, 5.74) is 1.05. The molecule has 5 heteroatoms. The highest BCUT2D eigenvalue weighted by Gasteiger charge is 2.17.